The highest BCUT2D eigenvalue weighted by molar-refractivity contribution is 6.32. The fourth-order valence-electron chi connectivity index (χ4n) is 1.22. The number of ether oxygens (including phenoxy) is 2. The van der Waals surface area contributed by atoms with Crippen LogP contribution in [0.1, 0.15) is 40.5 Å². The molecule has 0 unspecified atom stereocenters. The van der Waals surface area contributed by atoms with Gasteiger partial charge in [-0.1, -0.05) is 19.4 Å². The van der Waals surface area contributed by atoms with Crippen molar-refractivity contribution in [3.63, 3.8) is 0 Å². The first-order valence-electron chi connectivity index (χ1n) is 6.22. The van der Waals surface area contributed by atoms with Crippen molar-refractivity contribution in [1.29, 1.82) is 0 Å². The molecule has 0 fully saturated rings. The number of hydrogen-bond donors (Lipinski definition) is 0. The largest absolute Gasteiger partial charge is 0.516 e. The molecule has 5 heteroatoms. The minimum absolute atomic E-state index is 0.241. The molecule has 0 rings (SSSR count). The first-order chi connectivity index (χ1) is 8.15. The zero-order valence-electron chi connectivity index (χ0n) is 11.3. The monoisotopic (exact) mass is 260 g/mol. The second-order valence-corrected chi connectivity index (χ2v) is 4.90. The maximum Gasteiger partial charge on any atom is 0.319 e. The van der Waals surface area contributed by atoms with Crippen LogP contribution in [0.15, 0.2) is 11.6 Å². The van der Waals surface area contributed by atoms with Crippen LogP contribution in [0.2, 0.25) is 0 Å². The molecule has 0 aromatic heterocycles. The summed E-state index contributed by atoms with van der Waals surface area (Å²) in [6.45, 7) is 8.79. The Morgan fingerprint density at radius 2 is 1.82 bits per heavy atom. The van der Waals surface area contributed by atoms with Crippen LogP contribution >= 0.6 is 0 Å². The Morgan fingerprint density at radius 3 is 2.29 bits per heavy atom. The summed E-state index contributed by atoms with van der Waals surface area (Å²) in [6, 6.07) is 0. The molecule has 0 bridgehead atoms. The lowest BCUT2D eigenvalue weighted by Gasteiger charge is -2.16. The summed E-state index contributed by atoms with van der Waals surface area (Å²) in [7, 11) is -1.15. The second kappa shape index (κ2) is 10.5. The number of allylic oxidation sites excluding steroid dienone is 1. The van der Waals surface area contributed by atoms with Gasteiger partial charge in [0.1, 0.15) is 0 Å². The first-order valence-corrected chi connectivity index (χ1v) is 7.62. The predicted octanol–water partition coefficient (Wildman–Crippen LogP) is 1.72. The van der Waals surface area contributed by atoms with Crippen molar-refractivity contribution in [1.82, 2.24) is 0 Å². The number of hydrogen-bond acceptors (Lipinski definition) is 4. The minimum Gasteiger partial charge on any atom is -0.516 e. The summed E-state index contributed by atoms with van der Waals surface area (Å²) >= 11 is 0. The second-order valence-electron chi connectivity index (χ2n) is 3.61. The molecule has 0 spiro atoms. The summed E-state index contributed by atoms with van der Waals surface area (Å²) in [5.41, 5.74) is 0.672. The molecule has 0 radical (unpaired) electrons. The van der Waals surface area contributed by atoms with Gasteiger partial charge in [-0.25, -0.2) is 4.79 Å². The third-order valence-corrected chi connectivity index (χ3v) is 3.29. The van der Waals surface area contributed by atoms with Gasteiger partial charge < -0.3 is 13.9 Å². The topological polar surface area (TPSA) is 44.8 Å². The number of rotatable bonds is 9. The molecule has 0 aliphatic carbocycles. The molecule has 0 atom stereocenters. The lowest BCUT2D eigenvalue weighted by atomic mass is 10.2. The van der Waals surface area contributed by atoms with Crippen LogP contribution in [-0.2, 0) is 18.7 Å². The van der Waals surface area contributed by atoms with Crippen molar-refractivity contribution < 1.29 is 18.7 Å². The molecule has 0 aromatic carbocycles. The van der Waals surface area contributed by atoms with Gasteiger partial charge in [-0.3, -0.25) is 0 Å². The highest BCUT2D eigenvalue weighted by atomic mass is 28.2. The molecule has 0 N–H and O–H groups in total. The molecular weight excluding hydrogens is 236 g/mol. The Balaban J connectivity index is 4.02. The summed E-state index contributed by atoms with van der Waals surface area (Å²) < 4.78 is 15.9. The average molecular weight is 260 g/mol. The normalized spacial score (nSPS) is 12.6. The van der Waals surface area contributed by atoms with Crippen LogP contribution in [0.4, 0.5) is 0 Å². The summed E-state index contributed by atoms with van der Waals surface area (Å²) in [5, 5.41) is 0. The quantitative estimate of drug-likeness (QED) is 0.360. The zero-order valence-corrected chi connectivity index (χ0v) is 12.7. The van der Waals surface area contributed by atoms with E-state index in [1.54, 1.807) is 6.92 Å². The first kappa shape index (κ1) is 16.3. The van der Waals surface area contributed by atoms with E-state index in [1.165, 1.54) is 0 Å². The molecule has 17 heavy (non-hydrogen) atoms. The van der Waals surface area contributed by atoms with Gasteiger partial charge in [0.05, 0.1) is 0 Å². The fourth-order valence-corrected chi connectivity index (χ4v) is 2.40. The SMILES string of the molecule is CCCC=C(C)C(=O)O[SiH2]C(OCC)OCC. The number of carbonyl (C=O) groups excluding carboxylic acids is 1. The molecule has 0 aliphatic rings. The number of unbranched alkanes of at least 4 members (excludes halogenated alkanes) is 1. The highest BCUT2D eigenvalue weighted by Gasteiger charge is 2.13. The van der Waals surface area contributed by atoms with Gasteiger partial charge >= 0.3 is 5.97 Å². The highest BCUT2D eigenvalue weighted by Crippen LogP contribution is 2.02. The predicted molar refractivity (Wildman–Crippen MR) is 70.3 cm³/mol. The maximum absolute atomic E-state index is 11.6. The van der Waals surface area contributed by atoms with Crippen LogP contribution in [0.5, 0.6) is 0 Å². The van der Waals surface area contributed by atoms with E-state index in [9.17, 15) is 4.79 Å². The van der Waals surface area contributed by atoms with Crippen molar-refractivity contribution >= 4 is 15.7 Å². The Bertz CT molecular complexity index is 235. The van der Waals surface area contributed by atoms with Crippen LogP contribution < -0.4 is 0 Å². The van der Waals surface area contributed by atoms with E-state index in [-0.39, 0.29) is 11.9 Å². The number of carbonyl (C=O) groups is 1. The lowest BCUT2D eigenvalue weighted by Crippen LogP contribution is -2.28. The van der Waals surface area contributed by atoms with Crippen LogP contribution in [0.25, 0.3) is 0 Å². The maximum atomic E-state index is 11.6. The summed E-state index contributed by atoms with van der Waals surface area (Å²) in [4.78, 5) is 11.6. The van der Waals surface area contributed by atoms with E-state index in [0.29, 0.717) is 18.8 Å². The average Bonchev–Trinajstić information content (AvgIpc) is 2.33. The van der Waals surface area contributed by atoms with Crippen molar-refractivity contribution in [3.05, 3.63) is 11.6 Å². The van der Waals surface area contributed by atoms with Crippen LogP contribution in [0, 0.1) is 0 Å². The van der Waals surface area contributed by atoms with E-state index < -0.39 is 9.76 Å². The van der Waals surface area contributed by atoms with Crippen molar-refractivity contribution in [2.24, 2.45) is 0 Å². The van der Waals surface area contributed by atoms with E-state index in [4.69, 9.17) is 13.9 Å². The van der Waals surface area contributed by atoms with E-state index in [0.717, 1.165) is 12.8 Å². The Hall–Kier alpha value is -0.653. The molecule has 4 nitrogen and oxygen atoms in total. The third kappa shape index (κ3) is 8.12. The van der Waals surface area contributed by atoms with Gasteiger partial charge in [0.25, 0.3) is 9.76 Å². The lowest BCUT2D eigenvalue weighted by molar-refractivity contribution is -0.133. The standard InChI is InChI=1S/C12H24O4Si/c1-5-8-9-10(4)11(13)16-17-12(14-6-2)15-7-3/h9,12H,5-8,17H2,1-4H3. The Morgan fingerprint density at radius 1 is 1.24 bits per heavy atom. The smallest absolute Gasteiger partial charge is 0.319 e. The Kier molecular flexibility index (Phi) is 10.1. The molecule has 0 aliphatic heterocycles. The van der Waals surface area contributed by atoms with Crippen LogP contribution in [0.3, 0.4) is 0 Å². The van der Waals surface area contributed by atoms with Crippen LogP contribution in [-0.4, -0.2) is 34.9 Å². The van der Waals surface area contributed by atoms with E-state index in [2.05, 4.69) is 6.92 Å². The molecule has 0 aromatic rings. The van der Waals surface area contributed by atoms with E-state index in [1.807, 2.05) is 19.9 Å². The van der Waals surface area contributed by atoms with E-state index >= 15 is 0 Å². The molecule has 0 amide bonds. The molecular formula is C12H24O4Si. The molecule has 0 saturated carbocycles. The molecule has 100 valence electrons. The van der Waals surface area contributed by atoms with Gasteiger partial charge in [0.15, 0.2) is 5.91 Å². The summed E-state index contributed by atoms with van der Waals surface area (Å²) in [5.74, 6) is -0.567. The summed E-state index contributed by atoms with van der Waals surface area (Å²) in [6.07, 6.45) is 3.85. The Labute approximate surface area is 106 Å². The van der Waals surface area contributed by atoms with Crippen molar-refractivity contribution in [3.8, 4) is 0 Å². The third-order valence-electron chi connectivity index (χ3n) is 2.12. The van der Waals surface area contributed by atoms with Gasteiger partial charge in [0, 0.05) is 18.8 Å². The fraction of sp³-hybridized carbons (Fsp3) is 0.750. The van der Waals surface area contributed by atoms with Gasteiger partial charge in [-0.05, 0) is 27.2 Å². The van der Waals surface area contributed by atoms with Gasteiger partial charge in [-0.15, -0.1) is 0 Å². The minimum atomic E-state index is -1.15. The van der Waals surface area contributed by atoms with Gasteiger partial charge in [-0.2, -0.15) is 0 Å². The van der Waals surface area contributed by atoms with Crippen molar-refractivity contribution in [2.75, 3.05) is 13.2 Å². The molecule has 0 heterocycles. The molecule has 0 saturated heterocycles. The zero-order chi connectivity index (χ0) is 13.1. The van der Waals surface area contributed by atoms with Crippen molar-refractivity contribution in [2.45, 2.75) is 46.4 Å². The van der Waals surface area contributed by atoms with Gasteiger partial charge in [0.2, 0.25) is 0 Å².